The van der Waals surface area contributed by atoms with Gasteiger partial charge >= 0.3 is 6.18 Å². The normalized spacial score (nSPS) is 12.3. The molecule has 6 nitrogen and oxygen atoms in total. The summed E-state index contributed by atoms with van der Waals surface area (Å²) in [5.41, 5.74) is -0.369. The summed E-state index contributed by atoms with van der Waals surface area (Å²) in [7, 11) is 0. The van der Waals surface area contributed by atoms with E-state index in [-0.39, 0.29) is 36.6 Å². The van der Waals surface area contributed by atoms with Gasteiger partial charge in [-0.25, -0.2) is 4.98 Å². The number of amides is 2. The molecule has 0 saturated carbocycles. The summed E-state index contributed by atoms with van der Waals surface area (Å²) in [6, 6.07) is 10.0. The lowest BCUT2D eigenvalue weighted by molar-refractivity contribution is -0.137. The van der Waals surface area contributed by atoms with Crippen LogP contribution in [-0.4, -0.2) is 35.9 Å². The Bertz CT molecular complexity index is 809. The molecule has 0 fully saturated rings. The number of anilines is 1. The fourth-order valence-electron chi connectivity index (χ4n) is 2.50. The second-order valence-electron chi connectivity index (χ2n) is 6.71. The van der Waals surface area contributed by atoms with Crippen LogP contribution in [0.15, 0.2) is 48.7 Å². The zero-order valence-corrected chi connectivity index (χ0v) is 16.1. The van der Waals surface area contributed by atoms with E-state index in [1.807, 2.05) is 13.8 Å². The zero-order chi connectivity index (χ0) is 21.4. The van der Waals surface area contributed by atoms with Gasteiger partial charge < -0.3 is 16.0 Å². The number of hydrogen-bond acceptors (Lipinski definition) is 4. The standard InChI is InChI=1S/C20H23F3N4O2/c1-13(2)17(27-18(28)14-6-4-3-5-7-14)19(29)25-11-10-24-16-9-8-15(12-26-16)20(21,22)23/h3-9,12-13,17H,10-11H2,1-2H3,(H,24,26)(H,25,29)(H,27,28). The number of carbonyl (C=O) groups is 2. The first-order valence-corrected chi connectivity index (χ1v) is 9.09. The lowest BCUT2D eigenvalue weighted by Gasteiger charge is -2.22. The summed E-state index contributed by atoms with van der Waals surface area (Å²) < 4.78 is 37.6. The highest BCUT2D eigenvalue weighted by Gasteiger charge is 2.30. The number of pyridine rings is 1. The van der Waals surface area contributed by atoms with Gasteiger partial charge in [0.1, 0.15) is 11.9 Å². The summed E-state index contributed by atoms with van der Waals surface area (Å²) in [6.07, 6.45) is -3.69. The summed E-state index contributed by atoms with van der Waals surface area (Å²) in [5, 5.41) is 8.26. The van der Waals surface area contributed by atoms with Crippen molar-refractivity contribution in [3.8, 4) is 0 Å². The molecule has 0 bridgehead atoms. The Labute approximate surface area is 166 Å². The van der Waals surface area contributed by atoms with Crippen molar-refractivity contribution < 1.29 is 22.8 Å². The number of aromatic nitrogens is 1. The Kier molecular flexibility index (Phi) is 7.58. The van der Waals surface area contributed by atoms with Crippen LogP contribution in [0.2, 0.25) is 0 Å². The van der Waals surface area contributed by atoms with Crippen LogP contribution >= 0.6 is 0 Å². The first kappa shape index (κ1) is 22.2. The SMILES string of the molecule is CC(C)C(NC(=O)c1ccccc1)C(=O)NCCNc1ccc(C(F)(F)F)cn1. The summed E-state index contributed by atoms with van der Waals surface area (Å²) >= 11 is 0. The fourth-order valence-corrected chi connectivity index (χ4v) is 2.50. The van der Waals surface area contributed by atoms with Crippen LogP contribution in [0.3, 0.4) is 0 Å². The summed E-state index contributed by atoms with van der Waals surface area (Å²) in [4.78, 5) is 28.4. The molecule has 0 aliphatic rings. The lowest BCUT2D eigenvalue weighted by Crippen LogP contribution is -2.50. The number of carbonyl (C=O) groups excluding carboxylic acids is 2. The van der Waals surface area contributed by atoms with Crippen molar-refractivity contribution in [3.63, 3.8) is 0 Å². The molecule has 29 heavy (non-hydrogen) atoms. The second kappa shape index (κ2) is 9.90. The van der Waals surface area contributed by atoms with E-state index >= 15 is 0 Å². The van der Waals surface area contributed by atoms with Gasteiger partial charge in [-0.15, -0.1) is 0 Å². The van der Waals surface area contributed by atoms with Gasteiger partial charge in [-0.3, -0.25) is 9.59 Å². The minimum atomic E-state index is -4.43. The highest BCUT2D eigenvalue weighted by atomic mass is 19.4. The molecule has 1 unspecified atom stereocenters. The number of halogens is 3. The van der Waals surface area contributed by atoms with E-state index in [1.54, 1.807) is 30.3 Å². The maximum Gasteiger partial charge on any atom is 0.417 e. The van der Waals surface area contributed by atoms with Crippen LogP contribution in [0.4, 0.5) is 19.0 Å². The number of nitrogens with zero attached hydrogens (tertiary/aromatic N) is 1. The van der Waals surface area contributed by atoms with Gasteiger partial charge in [0.25, 0.3) is 5.91 Å². The predicted molar refractivity (Wildman–Crippen MR) is 103 cm³/mol. The van der Waals surface area contributed by atoms with Crippen molar-refractivity contribution in [2.24, 2.45) is 5.92 Å². The molecule has 2 amide bonds. The van der Waals surface area contributed by atoms with E-state index in [9.17, 15) is 22.8 Å². The Hall–Kier alpha value is -3.10. The van der Waals surface area contributed by atoms with E-state index in [2.05, 4.69) is 20.9 Å². The molecule has 9 heteroatoms. The molecular weight excluding hydrogens is 385 g/mol. The molecule has 0 radical (unpaired) electrons. The molecule has 2 aromatic rings. The van der Waals surface area contributed by atoms with E-state index in [4.69, 9.17) is 0 Å². The molecule has 1 aromatic carbocycles. The Morgan fingerprint density at radius 2 is 1.72 bits per heavy atom. The molecule has 1 aromatic heterocycles. The third-order valence-corrected chi connectivity index (χ3v) is 4.09. The molecule has 2 rings (SSSR count). The largest absolute Gasteiger partial charge is 0.417 e. The van der Waals surface area contributed by atoms with Gasteiger partial charge in [0, 0.05) is 24.8 Å². The Morgan fingerprint density at radius 1 is 1.03 bits per heavy atom. The zero-order valence-electron chi connectivity index (χ0n) is 16.1. The fraction of sp³-hybridized carbons (Fsp3) is 0.350. The molecule has 3 N–H and O–H groups in total. The average molecular weight is 408 g/mol. The van der Waals surface area contributed by atoms with Crippen LogP contribution in [0.25, 0.3) is 0 Å². The Morgan fingerprint density at radius 3 is 2.28 bits per heavy atom. The van der Waals surface area contributed by atoms with Crippen molar-refractivity contribution in [2.75, 3.05) is 18.4 Å². The molecule has 0 aliphatic carbocycles. The molecule has 0 spiro atoms. The number of nitrogens with one attached hydrogen (secondary N) is 3. The van der Waals surface area contributed by atoms with Crippen molar-refractivity contribution in [3.05, 3.63) is 59.8 Å². The molecular formula is C20H23F3N4O2. The van der Waals surface area contributed by atoms with E-state index in [0.29, 0.717) is 5.56 Å². The van der Waals surface area contributed by atoms with Crippen LogP contribution in [0.5, 0.6) is 0 Å². The summed E-state index contributed by atoms with van der Waals surface area (Å²) in [5.74, 6) is -0.546. The number of benzene rings is 1. The van der Waals surface area contributed by atoms with Crippen LogP contribution in [0.1, 0.15) is 29.8 Å². The third-order valence-electron chi connectivity index (χ3n) is 4.09. The molecule has 1 atom stereocenters. The maximum atomic E-state index is 12.5. The first-order valence-electron chi connectivity index (χ1n) is 9.09. The van der Waals surface area contributed by atoms with Gasteiger partial charge in [0.2, 0.25) is 5.91 Å². The van der Waals surface area contributed by atoms with Gasteiger partial charge in [0.15, 0.2) is 0 Å². The number of hydrogen-bond donors (Lipinski definition) is 3. The monoisotopic (exact) mass is 408 g/mol. The topological polar surface area (TPSA) is 83.1 Å². The highest BCUT2D eigenvalue weighted by Crippen LogP contribution is 2.28. The summed E-state index contributed by atoms with van der Waals surface area (Å²) in [6.45, 7) is 4.12. The minimum Gasteiger partial charge on any atom is -0.368 e. The van der Waals surface area contributed by atoms with Gasteiger partial charge in [-0.05, 0) is 30.2 Å². The van der Waals surface area contributed by atoms with Crippen LogP contribution in [0, 0.1) is 5.92 Å². The average Bonchev–Trinajstić information content (AvgIpc) is 2.69. The van der Waals surface area contributed by atoms with Gasteiger partial charge in [-0.2, -0.15) is 13.2 Å². The predicted octanol–water partition coefficient (Wildman–Crippen LogP) is 3.08. The van der Waals surface area contributed by atoms with Crippen molar-refractivity contribution >= 4 is 17.6 Å². The van der Waals surface area contributed by atoms with Gasteiger partial charge in [0.05, 0.1) is 5.56 Å². The lowest BCUT2D eigenvalue weighted by atomic mass is 10.0. The maximum absolute atomic E-state index is 12.5. The third kappa shape index (κ3) is 6.78. The minimum absolute atomic E-state index is 0.132. The van der Waals surface area contributed by atoms with Crippen LogP contribution in [-0.2, 0) is 11.0 Å². The van der Waals surface area contributed by atoms with Crippen molar-refractivity contribution in [1.29, 1.82) is 0 Å². The number of alkyl halides is 3. The van der Waals surface area contributed by atoms with Gasteiger partial charge in [-0.1, -0.05) is 32.0 Å². The molecule has 0 saturated heterocycles. The van der Waals surface area contributed by atoms with Crippen molar-refractivity contribution in [1.82, 2.24) is 15.6 Å². The van der Waals surface area contributed by atoms with Crippen LogP contribution < -0.4 is 16.0 Å². The smallest absolute Gasteiger partial charge is 0.368 e. The van der Waals surface area contributed by atoms with E-state index in [0.717, 1.165) is 12.3 Å². The van der Waals surface area contributed by atoms with Crippen molar-refractivity contribution in [2.45, 2.75) is 26.1 Å². The van der Waals surface area contributed by atoms with E-state index < -0.39 is 17.8 Å². The quantitative estimate of drug-likeness (QED) is 0.587. The Balaban J connectivity index is 1.82. The number of rotatable bonds is 8. The van der Waals surface area contributed by atoms with E-state index in [1.165, 1.54) is 6.07 Å². The highest BCUT2D eigenvalue weighted by molar-refractivity contribution is 5.97. The molecule has 156 valence electrons. The molecule has 1 heterocycles. The molecule has 0 aliphatic heterocycles. The second-order valence-corrected chi connectivity index (χ2v) is 6.71. The first-order chi connectivity index (χ1) is 13.7.